The van der Waals surface area contributed by atoms with E-state index in [0.29, 0.717) is 0 Å². The van der Waals surface area contributed by atoms with E-state index in [4.69, 9.17) is 11.6 Å². The Morgan fingerprint density at radius 2 is 1.95 bits per heavy atom. The number of benzene rings is 2. The molecule has 1 N–H and O–H groups in total. The van der Waals surface area contributed by atoms with Crippen LogP contribution in [0.25, 0.3) is 0 Å². The smallest absolute Gasteiger partial charge is 0.0824 e. The fraction of sp³-hybridized carbons (Fsp3) is 0.294. The average Bonchev–Trinajstić information content (AvgIpc) is 2.42. The molecule has 0 spiro atoms. The summed E-state index contributed by atoms with van der Waals surface area (Å²) in [5.74, 6) is 0.286. The molecule has 1 aliphatic rings. The molecule has 0 aromatic heterocycles. The highest BCUT2D eigenvalue weighted by Crippen LogP contribution is 2.36. The second kappa shape index (κ2) is 5.36. The standard InChI is InChI=1S/C17H17ClO/c18-15-6-3-4-12(11-15)10-14-9-8-13-5-1-2-7-16(13)17(14)19/h1-7,11,14,17,19H,8-10H2. The van der Waals surface area contributed by atoms with Crippen molar-refractivity contribution in [3.8, 4) is 0 Å². The molecule has 0 amide bonds. The van der Waals surface area contributed by atoms with Crippen LogP contribution in [0.1, 0.15) is 29.2 Å². The van der Waals surface area contributed by atoms with Gasteiger partial charge in [-0.3, -0.25) is 0 Å². The first-order valence-electron chi connectivity index (χ1n) is 6.74. The van der Waals surface area contributed by atoms with Crippen LogP contribution in [0.2, 0.25) is 5.02 Å². The van der Waals surface area contributed by atoms with Gasteiger partial charge in [0.25, 0.3) is 0 Å². The van der Waals surface area contributed by atoms with E-state index in [1.165, 1.54) is 11.1 Å². The number of aliphatic hydroxyl groups excluding tert-OH is 1. The van der Waals surface area contributed by atoms with Crippen LogP contribution in [-0.4, -0.2) is 5.11 Å². The summed E-state index contributed by atoms with van der Waals surface area (Å²) in [6.45, 7) is 0. The molecule has 19 heavy (non-hydrogen) atoms. The third-order valence-corrected chi connectivity index (χ3v) is 4.23. The molecule has 0 saturated carbocycles. The molecule has 0 bridgehead atoms. The van der Waals surface area contributed by atoms with Gasteiger partial charge in [0, 0.05) is 5.02 Å². The van der Waals surface area contributed by atoms with Crippen LogP contribution in [0, 0.1) is 5.92 Å². The fourth-order valence-corrected chi connectivity index (χ4v) is 3.20. The molecule has 1 nitrogen and oxygen atoms in total. The average molecular weight is 273 g/mol. The summed E-state index contributed by atoms with van der Waals surface area (Å²) in [5, 5.41) is 11.3. The van der Waals surface area contributed by atoms with Crippen molar-refractivity contribution in [1.29, 1.82) is 0 Å². The number of hydrogen-bond donors (Lipinski definition) is 1. The second-order valence-corrected chi connectivity index (χ2v) is 5.71. The highest BCUT2D eigenvalue weighted by Gasteiger charge is 2.27. The molecule has 0 radical (unpaired) electrons. The Morgan fingerprint density at radius 3 is 2.79 bits per heavy atom. The summed E-state index contributed by atoms with van der Waals surface area (Å²) in [6, 6.07) is 16.2. The lowest BCUT2D eigenvalue weighted by atomic mass is 9.78. The fourth-order valence-electron chi connectivity index (χ4n) is 2.98. The normalized spacial score (nSPS) is 22.0. The largest absolute Gasteiger partial charge is 0.388 e. The SMILES string of the molecule is OC1c2ccccc2CCC1Cc1cccc(Cl)c1. The van der Waals surface area contributed by atoms with Gasteiger partial charge >= 0.3 is 0 Å². The number of hydrogen-bond acceptors (Lipinski definition) is 1. The zero-order valence-electron chi connectivity index (χ0n) is 10.7. The first kappa shape index (κ1) is 12.7. The molecular weight excluding hydrogens is 256 g/mol. The lowest BCUT2D eigenvalue weighted by molar-refractivity contribution is 0.0936. The summed E-state index contributed by atoms with van der Waals surface area (Å²) < 4.78 is 0. The molecule has 2 aromatic rings. The molecule has 2 aromatic carbocycles. The van der Waals surface area contributed by atoms with Gasteiger partial charge in [0.15, 0.2) is 0 Å². The summed E-state index contributed by atoms with van der Waals surface area (Å²) in [7, 11) is 0. The van der Waals surface area contributed by atoms with Crippen LogP contribution < -0.4 is 0 Å². The summed E-state index contributed by atoms with van der Waals surface area (Å²) in [6.07, 6.45) is 2.61. The lowest BCUT2D eigenvalue weighted by Gasteiger charge is -2.30. The number of fused-ring (bicyclic) bond motifs is 1. The Hall–Kier alpha value is -1.31. The first-order chi connectivity index (χ1) is 9.24. The van der Waals surface area contributed by atoms with Crippen molar-refractivity contribution in [3.63, 3.8) is 0 Å². The van der Waals surface area contributed by atoms with Gasteiger partial charge in [-0.05, 0) is 54.0 Å². The predicted molar refractivity (Wildman–Crippen MR) is 78.4 cm³/mol. The Morgan fingerprint density at radius 1 is 1.11 bits per heavy atom. The zero-order chi connectivity index (χ0) is 13.2. The zero-order valence-corrected chi connectivity index (χ0v) is 11.5. The number of rotatable bonds is 2. The molecule has 1 aliphatic carbocycles. The first-order valence-corrected chi connectivity index (χ1v) is 7.12. The molecular formula is C17H17ClO. The highest BCUT2D eigenvalue weighted by atomic mass is 35.5. The van der Waals surface area contributed by atoms with Gasteiger partial charge in [0.05, 0.1) is 6.10 Å². The summed E-state index contributed by atoms with van der Waals surface area (Å²) in [5.41, 5.74) is 3.59. The molecule has 2 atom stereocenters. The quantitative estimate of drug-likeness (QED) is 0.870. The van der Waals surface area contributed by atoms with E-state index < -0.39 is 0 Å². The maximum Gasteiger partial charge on any atom is 0.0824 e. The van der Waals surface area contributed by atoms with Crippen LogP contribution in [-0.2, 0) is 12.8 Å². The van der Waals surface area contributed by atoms with E-state index >= 15 is 0 Å². The molecule has 0 saturated heterocycles. The van der Waals surface area contributed by atoms with Gasteiger partial charge in [-0.25, -0.2) is 0 Å². The summed E-state index contributed by atoms with van der Waals surface area (Å²) >= 11 is 6.02. The Kier molecular flexibility index (Phi) is 3.58. The van der Waals surface area contributed by atoms with Crippen LogP contribution in [0.5, 0.6) is 0 Å². The number of halogens is 1. The topological polar surface area (TPSA) is 20.2 Å². The van der Waals surface area contributed by atoms with E-state index in [9.17, 15) is 5.11 Å². The van der Waals surface area contributed by atoms with Crippen molar-refractivity contribution in [3.05, 3.63) is 70.2 Å². The monoisotopic (exact) mass is 272 g/mol. The van der Waals surface area contributed by atoms with E-state index in [2.05, 4.69) is 12.1 Å². The van der Waals surface area contributed by atoms with Crippen molar-refractivity contribution in [1.82, 2.24) is 0 Å². The number of aryl methyl sites for hydroxylation is 1. The van der Waals surface area contributed by atoms with Gasteiger partial charge < -0.3 is 5.11 Å². The van der Waals surface area contributed by atoms with E-state index in [-0.39, 0.29) is 12.0 Å². The molecule has 0 aliphatic heterocycles. The highest BCUT2D eigenvalue weighted by molar-refractivity contribution is 6.30. The third-order valence-electron chi connectivity index (χ3n) is 3.99. The minimum Gasteiger partial charge on any atom is -0.388 e. The maximum absolute atomic E-state index is 10.5. The molecule has 2 heteroatoms. The predicted octanol–water partition coefficient (Wildman–Crippen LogP) is 4.18. The third kappa shape index (κ3) is 2.68. The minimum absolute atomic E-state index is 0.286. The minimum atomic E-state index is -0.357. The van der Waals surface area contributed by atoms with Gasteiger partial charge in [0.1, 0.15) is 0 Å². The lowest BCUT2D eigenvalue weighted by Crippen LogP contribution is -2.22. The molecule has 0 fully saturated rings. The molecule has 0 heterocycles. The Bertz CT molecular complexity index is 579. The van der Waals surface area contributed by atoms with E-state index in [1.807, 2.05) is 36.4 Å². The Labute approximate surface area is 118 Å². The molecule has 98 valence electrons. The van der Waals surface area contributed by atoms with E-state index in [1.54, 1.807) is 0 Å². The van der Waals surface area contributed by atoms with Crippen molar-refractivity contribution in [2.75, 3.05) is 0 Å². The van der Waals surface area contributed by atoms with Crippen LogP contribution in [0.4, 0.5) is 0 Å². The number of aliphatic hydroxyl groups is 1. The maximum atomic E-state index is 10.5. The van der Waals surface area contributed by atoms with Gasteiger partial charge in [0.2, 0.25) is 0 Å². The Balaban J connectivity index is 1.81. The van der Waals surface area contributed by atoms with Crippen LogP contribution in [0.3, 0.4) is 0 Å². The molecule has 3 rings (SSSR count). The van der Waals surface area contributed by atoms with Gasteiger partial charge in [-0.1, -0.05) is 48.0 Å². The van der Waals surface area contributed by atoms with E-state index in [0.717, 1.165) is 29.8 Å². The van der Waals surface area contributed by atoms with Crippen molar-refractivity contribution >= 4 is 11.6 Å². The van der Waals surface area contributed by atoms with Gasteiger partial charge in [-0.2, -0.15) is 0 Å². The summed E-state index contributed by atoms with van der Waals surface area (Å²) in [4.78, 5) is 0. The van der Waals surface area contributed by atoms with Crippen LogP contribution in [0.15, 0.2) is 48.5 Å². The van der Waals surface area contributed by atoms with Crippen molar-refractivity contribution in [2.45, 2.75) is 25.4 Å². The van der Waals surface area contributed by atoms with Crippen molar-refractivity contribution < 1.29 is 5.11 Å². The molecule has 2 unspecified atom stereocenters. The van der Waals surface area contributed by atoms with Crippen LogP contribution >= 0.6 is 11.6 Å². The second-order valence-electron chi connectivity index (χ2n) is 5.28. The van der Waals surface area contributed by atoms with Crippen molar-refractivity contribution in [2.24, 2.45) is 5.92 Å². The van der Waals surface area contributed by atoms with Gasteiger partial charge in [-0.15, -0.1) is 0 Å².